The van der Waals surface area contributed by atoms with Crippen molar-refractivity contribution in [1.29, 1.82) is 0 Å². The molecule has 1 N–H and O–H groups in total. The van der Waals surface area contributed by atoms with Crippen LogP contribution in [-0.2, 0) is 11.8 Å². The Bertz CT molecular complexity index is 333. The number of carbonyl (C=O) groups is 1. The molecule has 0 fully saturated rings. The molecule has 0 aliphatic carbocycles. The van der Waals surface area contributed by atoms with Gasteiger partial charge >= 0.3 is 5.97 Å². The molecule has 0 saturated carbocycles. The molecule has 1 rings (SSSR count). The van der Waals surface area contributed by atoms with Crippen molar-refractivity contribution in [3.05, 3.63) is 24.5 Å². The highest BCUT2D eigenvalue weighted by Gasteiger charge is 2.05. The molecule has 0 atom stereocenters. The minimum absolute atomic E-state index is 0.203. The highest BCUT2D eigenvalue weighted by Crippen LogP contribution is 2.18. The van der Waals surface area contributed by atoms with Crippen LogP contribution in [0.15, 0.2) is 29.4 Å². The smallest absolute Gasteiger partial charge is 0.331 e. The molecule has 0 aliphatic heterocycles. The van der Waals surface area contributed by atoms with Crippen LogP contribution in [0, 0.1) is 0 Å². The Hall–Kier alpha value is -1.23. The highest BCUT2D eigenvalue weighted by molar-refractivity contribution is 7.99. The van der Waals surface area contributed by atoms with Gasteiger partial charge in [-0.25, -0.2) is 4.79 Å². The van der Waals surface area contributed by atoms with E-state index >= 15 is 0 Å². The fourth-order valence-corrected chi connectivity index (χ4v) is 1.52. The Morgan fingerprint density at radius 3 is 3.00 bits per heavy atom. The minimum Gasteiger partial charge on any atom is -0.478 e. The molecule has 0 bridgehead atoms. The first-order valence-corrected chi connectivity index (χ1v) is 4.60. The number of carboxylic acid groups (broad SMARTS) is 1. The summed E-state index contributed by atoms with van der Waals surface area (Å²) >= 11 is 1.41. The Kier molecular flexibility index (Phi) is 3.13. The van der Waals surface area contributed by atoms with E-state index in [0.29, 0.717) is 5.75 Å². The van der Waals surface area contributed by atoms with E-state index in [0.717, 1.165) is 4.90 Å². The third-order valence-electron chi connectivity index (χ3n) is 1.40. The molecule has 1 aromatic heterocycles. The molecule has 0 radical (unpaired) electrons. The predicted molar refractivity (Wildman–Crippen MR) is 50.7 cm³/mol. The first-order chi connectivity index (χ1) is 6.09. The third kappa shape index (κ3) is 2.95. The van der Waals surface area contributed by atoms with Crippen molar-refractivity contribution < 1.29 is 9.90 Å². The van der Waals surface area contributed by atoms with E-state index in [1.807, 2.05) is 13.2 Å². The van der Waals surface area contributed by atoms with E-state index in [2.05, 4.69) is 11.7 Å². The Morgan fingerprint density at radius 2 is 2.54 bits per heavy atom. The van der Waals surface area contributed by atoms with Crippen LogP contribution >= 0.6 is 11.8 Å². The second kappa shape index (κ2) is 4.13. The second-order valence-corrected chi connectivity index (χ2v) is 3.60. The lowest BCUT2D eigenvalue weighted by atomic mass is 10.4. The Balaban J connectivity index is 2.44. The van der Waals surface area contributed by atoms with Crippen molar-refractivity contribution in [2.75, 3.05) is 5.75 Å². The summed E-state index contributed by atoms with van der Waals surface area (Å²) in [6.45, 7) is 3.43. The number of nitrogens with zero attached hydrogens (tertiary/aromatic N) is 2. The van der Waals surface area contributed by atoms with Crippen molar-refractivity contribution in [1.82, 2.24) is 9.78 Å². The number of thioether (sulfide) groups is 1. The molecule has 1 heterocycles. The van der Waals surface area contributed by atoms with Gasteiger partial charge in [0.2, 0.25) is 0 Å². The van der Waals surface area contributed by atoms with E-state index < -0.39 is 5.97 Å². The predicted octanol–water partition coefficient (Wildman–Crippen LogP) is 1.15. The van der Waals surface area contributed by atoms with E-state index in [1.54, 1.807) is 10.9 Å². The normalized spacial score (nSPS) is 9.92. The zero-order valence-corrected chi connectivity index (χ0v) is 8.04. The highest BCUT2D eigenvalue weighted by atomic mass is 32.2. The molecule has 0 aromatic carbocycles. The van der Waals surface area contributed by atoms with Crippen LogP contribution in [0.25, 0.3) is 0 Å². The van der Waals surface area contributed by atoms with Gasteiger partial charge in [-0.2, -0.15) is 5.10 Å². The second-order valence-electron chi connectivity index (χ2n) is 2.55. The largest absolute Gasteiger partial charge is 0.478 e. The van der Waals surface area contributed by atoms with Gasteiger partial charge in [-0.3, -0.25) is 4.68 Å². The summed E-state index contributed by atoms with van der Waals surface area (Å²) in [5.41, 5.74) is 0.203. The molecule has 0 spiro atoms. The van der Waals surface area contributed by atoms with Crippen LogP contribution < -0.4 is 0 Å². The quantitative estimate of drug-likeness (QED) is 0.582. The summed E-state index contributed by atoms with van der Waals surface area (Å²) < 4.78 is 1.67. The molecular formula is C8H10N2O2S. The van der Waals surface area contributed by atoms with Crippen molar-refractivity contribution in [2.24, 2.45) is 7.05 Å². The van der Waals surface area contributed by atoms with Crippen molar-refractivity contribution in [3.63, 3.8) is 0 Å². The molecule has 13 heavy (non-hydrogen) atoms. The molecule has 0 saturated heterocycles. The van der Waals surface area contributed by atoms with E-state index in [1.165, 1.54) is 11.8 Å². The number of hydrogen-bond acceptors (Lipinski definition) is 3. The van der Waals surface area contributed by atoms with Crippen molar-refractivity contribution in [2.45, 2.75) is 4.90 Å². The third-order valence-corrected chi connectivity index (χ3v) is 2.43. The summed E-state index contributed by atoms with van der Waals surface area (Å²) in [6, 6.07) is 0. The van der Waals surface area contributed by atoms with Crippen LogP contribution in [0.2, 0.25) is 0 Å². The zero-order valence-electron chi connectivity index (χ0n) is 7.23. The van der Waals surface area contributed by atoms with Gasteiger partial charge in [-0.15, -0.1) is 11.8 Å². The van der Waals surface area contributed by atoms with Gasteiger partial charge in [0.15, 0.2) is 0 Å². The van der Waals surface area contributed by atoms with Gasteiger partial charge in [0.1, 0.15) is 0 Å². The van der Waals surface area contributed by atoms with E-state index in [9.17, 15) is 4.79 Å². The van der Waals surface area contributed by atoms with E-state index in [-0.39, 0.29) is 5.57 Å². The monoisotopic (exact) mass is 198 g/mol. The average molecular weight is 198 g/mol. The lowest BCUT2D eigenvalue weighted by molar-refractivity contribution is -0.132. The maximum atomic E-state index is 10.4. The van der Waals surface area contributed by atoms with Crippen LogP contribution in [-0.4, -0.2) is 26.6 Å². The number of hydrogen-bond donors (Lipinski definition) is 1. The average Bonchev–Trinajstić information content (AvgIpc) is 2.47. The zero-order chi connectivity index (χ0) is 9.84. The van der Waals surface area contributed by atoms with Gasteiger partial charge in [-0.05, 0) is 0 Å². The topological polar surface area (TPSA) is 55.1 Å². The van der Waals surface area contributed by atoms with Crippen molar-refractivity contribution in [3.8, 4) is 0 Å². The van der Waals surface area contributed by atoms with Crippen LogP contribution in [0.3, 0.4) is 0 Å². The first kappa shape index (κ1) is 9.85. The fraction of sp³-hybridized carbons (Fsp3) is 0.250. The SMILES string of the molecule is C=C(CSc1cnn(C)c1)C(=O)O. The maximum absolute atomic E-state index is 10.4. The van der Waals surface area contributed by atoms with Crippen LogP contribution in [0.1, 0.15) is 0 Å². The van der Waals surface area contributed by atoms with Crippen LogP contribution in [0.5, 0.6) is 0 Å². The Morgan fingerprint density at radius 1 is 1.85 bits per heavy atom. The molecule has 0 unspecified atom stereocenters. The molecular weight excluding hydrogens is 188 g/mol. The fourth-order valence-electron chi connectivity index (χ4n) is 0.706. The van der Waals surface area contributed by atoms with Crippen molar-refractivity contribution >= 4 is 17.7 Å². The molecule has 5 heteroatoms. The summed E-state index contributed by atoms with van der Waals surface area (Å²) in [4.78, 5) is 11.3. The molecule has 4 nitrogen and oxygen atoms in total. The lowest BCUT2D eigenvalue weighted by Gasteiger charge is -1.96. The summed E-state index contributed by atoms with van der Waals surface area (Å²) in [6.07, 6.45) is 3.53. The lowest BCUT2D eigenvalue weighted by Crippen LogP contribution is -2.00. The Labute approximate surface area is 80.3 Å². The standard InChI is InChI=1S/C8H10N2O2S/c1-6(8(11)12)5-13-7-3-9-10(2)4-7/h3-4H,1,5H2,2H3,(H,11,12). The van der Waals surface area contributed by atoms with Crippen LogP contribution in [0.4, 0.5) is 0 Å². The van der Waals surface area contributed by atoms with Gasteiger partial charge in [0, 0.05) is 29.5 Å². The number of aliphatic carboxylic acids is 1. The summed E-state index contributed by atoms with van der Waals surface area (Å²) in [5.74, 6) is -0.558. The first-order valence-electron chi connectivity index (χ1n) is 3.62. The number of carboxylic acids is 1. The maximum Gasteiger partial charge on any atom is 0.331 e. The summed E-state index contributed by atoms with van der Waals surface area (Å²) in [5, 5.41) is 12.5. The van der Waals surface area contributed by atoms with E-state index in [4.69, 9.17) is 5.11 Å². The van der Waals surface area contributed by atoms with Gasteiger partial charge in [0.25, 0.3) is 0 Å². The molecule has 70 valence electrons. The number of aromatic nitrogens is 2. The molecule has 1 aromatic rings. The minimum atomic E-state index is -0.948. The van der Waals surface area contributed by atoms with Gasteiger partial charge in [0.05, 0.1) is 6.20 Å². The number of rotatable bonds is 4. The number of aryl methyl sites for hydroxylation is 1. The molecule has 0 aliphatic rings. The van der Waals surface area contributed by atoms with Gasteiger partial charge < -0.3 is 5.11 Å². The molecule has 0 amide bonds. The summed E-state index contributed by atoms with van der Waals surface area (Å²) in [7, 11) is 1.82. The van der Waals surface area contributed by atoms with Gasteiger partial charge in [-0.1, -0.05) is 6.58 Å².